The molecule has 0 saturated heterocycles. The van der Waals surface area contributed by atoms with Crippen LogP contribution in [0.5, 0.6) is 5.75 Å². The van der Waals surface area contributed by atoms with E-state index in [1.165, 1.54) is 18.9 Å². The van der Waals surface area contributed by atoms with Gasteiger partial charge < -0.3 is 15.2 Å². The molecule has 0 radical (unpaired) electrons. The van der Waals surface area contributed by atoms with Gasteiger partial charge in [-0.05, 0) is 38.2 Å². The molecule has 4 heteroatoms. The number of hydrogen-bond acceptors (Lipinski definition) is 3. The van der Waals surface area contributed by atoms with Gasteiger partial charge in [-0.15, -0.1) is 0 Å². The Morgan fingerprint density at radius 1 is 1.26 bits per heavy atom. The van der Waals surface area contributed by atoms with E-state index in [9.17, 15) is 4.39 Å². The van der Waals surface area contributed by atoms with Gasteiger partial charge in [-0.1, -0.05) is 12.1 Å². The van der Waals surface area contributed by atoms with Gasteiger partial charge in [-0.2, -0.15) is 0 Å². The zero-order valence-corrected chi connectivity index (χ0v) is 11.2. The second-order valence-corrected chi connectivity index (χ2v) is 5.02. The predicted octanol–water partition coefficient (Wildman–Crippen LogP) is 2.62. The fraction of sp³-hybridized carbons (Fsp3) is 0.600. The van der Waals surface area contributed by atoms with Crippen molar-refractivity contribution in [1.82, 2.24) is 5.32 Å². The third-order valence-electron chi connectivity index (χ3n) is 3.26. The quantitative estimate of drug-likeness (QED) is 0.676. The zero-order valence-electron chi connectivity index (χ0n) is 11.2. The summed E-state index contributed by atoms with van der Waals surface area (Å²) in [5.74, 6) is 0.0805. The van der Waals surface area contributed by atoms with E-state index in [0.29, 0.717) is 24.9 Å². The highest BCUT2D eigenvalue weighted by Gasteiger charge is 2.21. The molecule has 19 heavy (non-hydrogen) atoms. The van der Waals surface area contributed by atoms with Gasteiger partial charge in [0.25, 0.3) is 0 Å². The van der Waals surface area contributed by atoms with Crippen LogP contribution in [-0.2, 0) is 6.54 Å². The first-order valence-corrected chi connectivity index (χ1v) is 7.05. The number of ether oxygens (including phenoxy) is 1. The lowest BCUT2D eigenvalue weighted by Crippen LogP contribution is -2.16. The number of hydrogen-bond donors (Lipinski definition) is 2. The summed E-state index contributed by atoms with van der Waals surface area (Å²) in [5, 5.41) is 12.1. The van der Waals surface area contributed by atoms with Gasteiger partial charge in [0.05, 0.1) is 6.61 Å². The number of rotatable bonds is 9. The summed E-state index contributed by atoms with van der Waals surface area (Å²) < 4.78 is 19.3. The van der Waals surface area contributed by atoms with Crippen molar-refractivity contribution in [2.75, 3.05) is 13.2 Å². The third kappa shape index (κ3) is 4.80. The Hall–Kier alpha value is -1.13. The topological polar surface area (TPSA) is 41.5 Å². The van der Waals surface area contributed by atoms with Crippen LogP contribution in [0.2, 0.25) is 0 Å². The molecule has 0 atom stereocenters. The third-order valence-corrected chi connectivity index (χ3v) is 3.26. The van der Waals surface area contributed by atoms with Crippen molar-refractivity contribution in [2.24, 2.45) is 0 Å². The van der Waals surface area contributed by atoms with Crippen LogP contribution in [0.4, 0.5) is 4.39 Å². The number of aliphatic hydroxyl groups excluding tert-OH is 1. The molecule has 0 amide bonds. The molecule has 0 heterocycles. The van der Waals surface area contributed by atoms with Gasteiger partial charge in [0.2, 0.25) is 0 Å². The van der Waals surface area contributed by atoms with Gasteiger partial charge in [0.1, 0.15) is 0 Å². The van der Waals surface area contributed by atoms with E-state index in [-0.39, 0.29) is 12.4 Å². The van der Waals surface area contributed by atoms with Crippen molar-refractivity contribution in [2.45, 2.75) is 44.7 Å². The standard InChI is InChI=1S/C15H22FNO2/c16-14-6-4-5-12(11-17-13-7-8-13)15(14)19-10-3-1-2-9-18/h4-6,13,17-18H,1-3,7-11H2. The molecular formula is C15H22FNO2. The SMILES string of the molecule is OCCCCCOc1c(F)cccc1CNC1CC1. The highest BCUT2D eigenvalue weighted by Crippen LogP contribution is 2.25. The summed E-state index contributed by atoms with van der Waals surface area (Å²) in [4.78, 5) is 0. The van der Waals surface area contributed by atoms with Crippen molar-refractivity contribution in [3.63, 3.8) is 0 Å². The van der Waals surface area contributed by atoms with E-state index >= 15 is 0 Å². The first-order valence-electron chi connectivity index (χ1n) is 7.05. The van der Waals surface area contributed by atoms with E-state index in [4.69, 9.17) is 9.84 Å². The number of aliphatic hydroxyl groups is 1. The Balaban J connectivity index is 1.84. The van der Waals surface area contributed by atoms with Crippen molar-refractivity contribution in [3.05, 3.63) is 29.6 Å². The number of para-hydroxylation sites is 1. The van der Waals surface area contributed by atoms with Crippen LogP contribution in [0.3, 0.4) is 0 Å². The summed E-state index contributed by atoms with van der Waals surface area (Å²) in [6.07, 6.45) is 4.95. The molecule has 1 fully saturated rings. The molecule has 0 aromatic heterocycles. The molecule has 0 spiro atoms. The molecule has 0 unspecified atom stereocenters. The lowest BCUT2D eigenvalue weighted by atomic mass is 10.2. The lowest BCUT2D eigenvalue weighted by molar-refractivity contribution is 0.260. The molecule has 0 bridgehead atoms. The van der Waals surface area contributed by atoms with Gasteiger partial charge in [-0.3, -0.25) is 0 Å². The minimum atomic E-state index is -0.294. The van der Waals surface area contributed by atoms with E-state index < -0.39 is 0 Å². The molecule has 1 aromatic rings. The number of halogens is 1. The molecule has 2 N–H and O–H groups in total. The molecule has 1 saturated carbocycles. The second kappa shape index (κ2) is 7.46. The molecule has 106 valence electrons. The normalized spacial score (nSPS) is 14.6. The van der Waals surface area contributed by atoms with E-state index in [1.807, 2.05) is 6.07 Å². The zero-order chi connectivity index (χ0) is 13.5. The monoisotopic (exact) mass is 267 g/mol. The maximum absolute atomic E-state index is 13.8. The first kappa shape index (κ1) is 14.3. The highest BCUT2D eigenvalue weighted by atomic mass is 19.1. The van der Waals surface area contributed by atoms with Crippen molar-refractivity contribution < 1.29 is 14.2 Å². The van der Waals surface area contributed by atoms with Crippen LogP contribution < -0.4 is 10.1 Å². The summed E-state index contributed by atoms with van der Waals surface area (Å²) in [7, 11) is 0. The van der Waals surface area contributed by atoms with Gasteiger partial charge in [0, 0.05) is 24.8 Å². The minimum absolute atomic E-state index is 0.205. The Kier molecular flexibility index (Phi) is 5.61. The van der Waals surface area contributed by atoms with Crippen LogP contribution in [-0.4, -0.2) is 24.4 Å². The molecule has 0 aliphatic heterocycles. The van der Waals surface area contributed by atoms with Crippen LogP contribution in [0.15, 0.2) is 18.2 Å². The first-order chi connectivity index (χ1) is 9.31. The largest absolute Gasteiger partial charge is 0.490 e. The average Bonchev–Trinajstić information content (AvgIpc) is 3.22. The fourth-order valence-corrected chi connectivity index (χ4v) is 1.96. The lowest BCUT2D eigenvalue weighted by Gasteiger charge is -2.13. The van der Waals surface area contributed by atoms with Gasteiger partial charge in [0.15, 0.2) is 11.6 Å². The average molecular weight is 267 g/mol. The van der Waals surface area contributed by atoms with Crippen molar-refractivity contribution in [3.8, 4) is 5.75 Å². The Labute approximate surface area is 113 Å². The molecule has 1 aliphatic rings. The molecule has 2 rings (SSSR count). The summed E-state index contributed by atoms with van der Waals surface area (Å²) in [6.45, 7) is 1.36. The van der Waals surface area contributed by atoms with Crippen LogP contribution in [0, 0.1) is 5.82 Å². The van der Waals surface area contributed by atoms with Crippen LogP contribution in [0.25, 0.3) is 0 Å². The Bertz CT molecular complexity index is 394. The molecular weight excluding hydrogens is 245 g/mol. The maximum Gasteiger partial charge on any atom is 0.165 e. The highest BCUT2D eigenvalue weighted by molar-refractivity contribution is 5.35. The van der Waals surface area contributed by atoms with Crippen molar-refractivity contribution >= 4 is 0 Å². The number of unbranched alkanes of at least 4 members (excludes halogenated alkanes) is 2. The Morgan fingerprint density at radius 3 is 2.84 bits per heavy atom. The van der Waals surface area contributed by atoms with Crippen molar-refractivity contribution in [1.29, 1.82) is 0 Å². The number of nitrogens with one attached hydrogen (secondary N) is 1. The number of benzene rings is 1. The summed E-state index contributed by atoms with van der Waals surface area (Å²) >= 11 is 0. The van der Waals surface area contributed by atoms with E-state index in [1.54, 1.807) is 6.07 Å². The molecule has 3 nitrogen and oxygen atoms in total. The second-order valence-electron chi connectivity index (χ2n) is 5.02. The van der Waals surface area contributed by atoms with Gasteiger partial charge in [-0.25, -0.2) is 4.39 Å². The molecule has 1 aromatic carbocycles. The molecule has 1 aliphatic carbocycles. The van der Waals surface area contributed by atoms with Crippen LogP contribution in [0.1, 0.15) is 37.7 Å². The maximum atomic E-state index is 13.8. The van der Waals surface area contributed by atoms with Crippen LogP contribution >= 0.6 is 0 Å². The Morgan fingerprint density at radius 2 is 2.11 bits per heavy atom. The summed E-state index contributed by atoms with van der Waals surface area (Å²) in [5.41, 5.74) is 0.883. The fourth-order valence-electron chi connectivity index (χ4n) is 1.96. The minimum Gasteiger partial charge on any atom is -0.490 e. The predicted molar refractivity (Wildman–Crippen MR) is 72.7 cm³/mol. The summed E-state index contributed by atoms with van der Waals surface area (Å²) in [6, 6.07) is 5.66. The smallest absolute Gasteiger partial charge is 0.165 e. The van der Waals surface area contributed by atoms with E-state index in [0.717, 1.165) is 24.8 Å². The van der Waals surface area contributed by atoms with Gasteiger partial charge >= 0.3 is 0 Å². The van der Waals surface area contributed by atoms with E-state index in [2.05, 4.69) is 5.32 Å².